The highest BCUT2D eigenvalue weighted by molar-refractivity contribution is 6.11. The summed E-state index contributed by atoms with van der Waals surface area (Å²) >= 11 is 0. The lowest BCUT2D eigenvalue weighted by molar-refractivity contribution is -0.114. The fourth-order valence-electron chi connectivity index (χ4n) is 5.73. The molecule has 4 aromatic carbocycles. The van der Waals surface area contributed by atoms with Gasteiger partial charge < -0.3 is 20.0 Å². The van der Waals surface area contributed by atoms with Gasteiger partial charge in [0.05, 0.1) is 18.2 Å². The third-order valence-corrected chi connectivity index (χ3v) is 8.04. The summed E-state index contributed by atoms with van der Waals surface area (Å²) in [5.41, 5.74) is 6.64. The van der Waals surface area contributed by atoms with E-state index in [4.69, 9.17) is 9.25 Å². The molecule has 0 fully saturated rings. The highest BCUT2D eigenvalue weighted by Crippen LogP contribution is 2.36. The van der Waals surface area contributed by atoms with Crippen LogP contribution in [0.1, 0.15) is 32.0 Å². The Labute approximate surface area is 270 Å². The molecule has 9 heteroatoms. The first-order valence-electron chi connectivity index (χ1n) is 15.0. The van der Waals surface area contributed by atoms with E-state index in [0.29, 0.717) is 41.2 Å². The van der Waals surface area contributed by atoms with Crippen LogP contribution in [0.5, 0.6) is 0 Å². The number of H-pyrrole nitrogens is 1. The van der Waals surface area contributed by atoms with Gasteiger partial charge >= 0.3 is 0 Å². The number of fused-ring (bicyclic) bond motifs is 3. The summed E-state index contributed by atoms with van der Waals surface area (Å²) in [5.74, 6) is -0.626. The predicted octanol–water partition coefficient (Wildman–Crippen LogP) is 7.99. The van der Waals surface area contributed by atoms with Crippen molar-refractivity contribution >= 4 is 57.0 Å². The van der Waals surface area contributed by atoms with Crippen LogP contribution in [0.15, 0.2) is 120 Å². The van der Waals surface area contributed by atoms with Crippen LogP contribution < -0.4 is 15.7 Å². The molecule has 1 radical (unpaired) electrons. The van der Waals surface area contributed by atoms with E-state index in [-0.39, 0.29) is 18.4 Å². The lowest BCUT2D eigenvalue weighted by atomic mass is 9.98. The Morgan fingerprint density at radius 2 is 1.64 bits per heavy atom. The quantitative estimate of drug-likeness (QED) is 0.106. The summed E-state index contributed by atoms with van der Waals surface area (Å²) in [5, 5.41) is 9.51. The van der Waals surface area contributed by atoms with E-state index in [1.54, 1.807) is 55.0 Å². The predicted molar refractivity (Wildman–Crippen MR) is 182 cm³/mol. The lowest BCUT2D eigenvalue weighted by Gasteiger charge is -2.22. The van der Waals surface area contributed by atoms with Crippen molar-refractivity contribution in [3.63, 3.8) is 0 Å². The summed E-state index contributed by atoms with van der Waals surface area (Å²) in [6.07, 6.45) is 4.18. The van der Waals surface area contributed by atoms with Gasteiger partial charge in [0.1, 0.15) is 12.3 Å². The number of anilines is 3. The number of hydrogen-bond acceptors (Lipinski definition) is 5. The first-order chi connectivity index (χ1) is 23.0. The number of nitrogens with zero attached hydrogens (tertiary/aromatic N) is 1. The van der Waals surface area contributed by atoms with Gasteiger partial charge in [-0.1, -0.05) is 54.6 Å². The Morgan fingerprint density at radius 3 is 2.43 bits per heavy atom. The number of nitrogens with one attached hydrogen (secondary N) is 3. The minimum Gasteiger partial charge on any atom is -0.472 e. The second-order valence-corrected chi connectivity index (χ2v) is 11.0. The van der Waals surface area contributed by atoms with Gasteiger partial charge in [-0.15, -0.1) is 0 Å². The zero-order valence-corrected chi connectivity index (χ0v) is 25.2. The molecule has 1 aliphatic heterocycles. The van der Waals surface area contributed by atoms with Crippen molar-refractivity contribution in [3.05, 3.63) is 145 Å². The van der Waals surface area contributed by atoms with Crippen LogP contribution in [0.2, 0.25) is 0 Å². The van der Waals surface area contributed by atoms with Gasteiger partial charge in [0.25, 0.3) is 11.8 Å². The topological polar surface area (TPSA) is 117 Å². The summed E-state index contributed by atoms with van der Waals surface area (Å²) in [7, 11) is 0. The van der Waals surface area contributed by atoms with Crippen molar-refractivity contribution in [2.45, 2.75) is 13.0 Å². The fraction of sp³-hybridized carbons (Fsp3) is 0.0526. The number of rotatable bonds is 10. The molecule has 0 bridgehead atoms. The van der Waals surface area contributed by atoms with Crippen molar-refractivity contribution in [2.24, 2.45) is 0 Å². The van der Waals surface area contributed by atoms with Crippen LogP contribution in [0.3, 0.4) is 0 Å². The number of aromatic amines is 1. The molecule has 47 heavy (non-hydrogen) atoms. The number of hydroxylamine groups is 1. The molecule has 1 aliphatic carbocycles. The van der Waals surface area contributed by atoms with Crippen molar-refractivity contribution < 1.29 is 23.6 Å². The molecule has 5 aromatic rings. The summed E-state index contributed by atoms with van der Waals surface area (Å²) in [6.45, 7) is 4.29. The SMILES string of the molecule is [CH2]Cc1c(NC(=O)c2cc3cc(NC(=O)c4cc5ccocc-5c4)ccc3[nH]2)cc(N(C=O)OCc2ccccc2)c2ccccc12. The smallest absolute Gasteiger partial charge is 0.272 e. The van der Waals surface area contributed by atoms with Crippen LogP contribution in [-0.4, -0.2) is 23.2 Å². The second-order valence-electron chi connectivity index (χ2n) is 11.0. The largest absolute Gasteiger partial charge is 0.472 e. The van der Waals surface area contributed by atoms with Gasteiger partial charge in [-0.05, 0) is 84.0 Å². The first-order valence-corrected chi connectivity index (χ1v) is 15.0. The Balaban J connectivity index is 1.15. The Kier molecular flexibility index (Phi) is 7.95. The second kappa shape index (κ2) is 12.7. The van der Waals surface area contributed by atoms with Crippen molar-refractivity contribution in [1.82, 2.24) is 4.98 Å². The third kappa shape index (κ3) is 5.95. The molecular weight excluding hydrogens is 592 g/mol. The number of hydrogen-bond donors (Lipinski definition) is 3. The molecule has 3 amide bonds. The molecule has 3 N–H and O–H groups in total. The summed E-state index contributed by atoms with van der Waals surface area (Å²) < 4.78 is 5.19. The molecule has 2 heterocycles. The van der Waals surface area contributed by atoms with E-state index in [2.05, 4.69) is 22.5 Å². The monoisotopic (exact) mass is 621 g/mol. The van der Waals surface area contributed by atoms with Crippen molar-refractivity contribution in [2.75, 3.05) is 15.7 Å². The van der Waals surface area contributed by atoms with E-state index < -0.39 is 0 Å². The van der Waals surface area contributed by atoms with Gasteiger partial charge in [-0.25, -0.2) is 0 Å². The standard InChI is InChI=1S/C38H29N4O5/c1-2-30-31-10-6-7-11-32(31)36(42(23-43)47-21-24-8-4-3-5-9-24)20-34(30)41-38(45)35-19-26-18-29(12-13-33(26)40-35)39-37(44)27-16-25-14-15-46-22-28(25)17-27/h3-20,22-23,40H,1-2,21H2,(H,39,44)(H,41,45). The van der Waals surface area contributed by atoms with Crippen LogP contribution in [0, 0.1) is 6.92 Å². The maximum Gasteiger partial charge on any atom is 0.272 e. The van der Waals surface area contributed by atoms with Gasteiger partial charge in [0, 0.05) is 38.8 Å². The molecular formula is C38H29N4O5. The average Bonchev–Trinajstić information content (AvgIpc) is 3.74. The summed E-state index contributed by atoms with van der Waals surface area (Å²) in [4.78, 5) is 47.9. The molecule has 0 saturated heterocycles. The van der Waals surface area contributed by atoms with Gasteiger partial charge in [-0.2, -0.15) is 5.06 Å². The molecule has 231 valence electrons. The molecule has 1 aromatic heterocycles. The molecule has 2 aliphatic rings. The van der Waals surface area contributed by atoms with Gasteiger partial charge in [-0.3, -0.25) is 19.2 Å². The maximum absolute atomic E-state index is 13.6. The maximum atomic E-state index is 13.6. The number of carbonyl (C=O) groups is 3. The normalized spacial score (nSPS) is 11.2. The van der Waals surface area contributed by atoms with Crippen LogP contribution in [0.4, 0.5) is 17.1 Å². The third-order valence-electron chi connectivity index (χ3n) is 8.04. The molecule has 7 rings (SSSR count). The van der Waals surface area contributed by atoms with Crippen LogP contribution in [0.25, 0.3) is 32.8 Å². The molecule has 9 nitrogen and oxygen atoms in total. The van der Waals surface area contributed by atoms with Crippen molar-refractivity contribution in [3.8, 4) is 11.1 Å². The first kappa shape index (κ1) is 29.5. The fourth-order valence-corrected chi connectivity index (χ4v) is 5.73. The molecule has 0 saturated carbocycles. The Hall–Kier alpha value is -6.19. The minimum atomic E-state index is -0.375. The zero-order chi connectivity index (χ0) is 32.3. The van der Waals surface area contributed by atoms with Crippen LogP contribution >= 0.6 is 0 Å². The molecule has 0 unspecified atom stereocenters. The Bertz CT molecular complexity index is 2190. The van der Waals surface area contributed by atoms with E-state index in [1.807, 2.05) is 60.7 Å². The highest BCUT2D eigenvalue weighted by Gasteiger charge is 2.20. The lowest BCUT2D eigenvalue weighted by Crippen LogP contribution is -2.22. The van der Waals surface area contributed by atoms with Gasteiger partial charge in [0.15, 0.2) is 0 Å². The Morgan fingerprint density at radius 1 is 0.851 bits per heavy atom. The molecule has 0 spiro atoms. The van der Waals surface area contributed by atoms with E-state index >= 15 is 0 Å². The van der Waals surface area contributed by atoms with Crippen LogP contribution in [-0.2, 0) is 22.7 Å². The number of aromatic nitrogens is 1. The van der Waals surface area contributed by atoms with E-state index in [9.17, 15) is 14.4 Å². The van der Waals surface area contributed by atoms with Crippen molar-refractivity contribution in [1.29, 1.82) is 0 Å². The average molecular weight is 622 g/mol. The van der Waals surface area contributed by atoms with E-state index in [1.165, 1.54) is 5.06 Å². The van der Waals surface area contributed by atoms with E-state index in [0.717, 1.165) is 43.9 Å². The minimum absolute atomic E-state index is 0.184. The molecule has 0 atom stereocenters. The highest BCUT2D eigenvalue weighted by atomic mass is 16.7. The number of benzene rings is 4. The zero-order valence-electron chi connectivity index (χ0n) is 25.2. The number of amides is 3. The summed E-state index contributed by atoms with van der Waals surface area (Å²) in [6, 6.07) is 31.4. The number of carbonyl (C=O) groups excluding carboxylic acids is 3. The van der Waals surface area contributed by atoms with Gasteiger partial charge in [0.2, 0.25) is 6.41 Å².